The second-order valence-electron chi connectivity index (χ2n) is 6.83. The van der Waals surface area contributed by atoms with Gasteiger partial charge in [0.2, 0.25) is 0 Å². The maximum Gasteiger partial charge on any atom is 0.433 e. The summed E-state index contributed by atoms with van der Waals surface area (Å²) < 4.78 is 37.8. The van der Waals surface area contributed by atoms with E-state index in [0.717, 1.165) is 34.3 Å². The molecule has 30 heavy (non-hydrogen) atoms. The van der Waals surface area contributed by atoms with E-state index in [1.807, 2.05) is 37.3 Å². The maximum atomic E-state index is 12.6. The Bertz CT molecular complexity index is 1230. The molecule has 1 amide bonds. The van der Waals surface area contributed by atoms with Crippen molar-refractivity contribution in [3.8, 4) is 11.1 Å². The van der Waals surface area contributed by atoms with E-state index in [1.165, 1.54) is 6.07 Å². The van der Waals surface area contributed by atoms with Gasteiger partial charge in [-0.15, -0.1) is 0 Å². The van der Waals surface area contributed by atoms with Crippen LogP contribution >= 0.6 is 0 Å². The number of alkyl halides is 3. The first-order chi connectivity index (χ1) is 14.3. The van der Waals surface area contributed by atoms with Gasteiger partial charge in [0.05, 0.1) is 17.4 Å². The highest BCUT2D eigenvalue weighted by Gasteiger charge is 2.32. The van der Waals surface area contributed by atoms with Gasteiger partial charge < -0.3 is 5.32 Å². The van der Waals surface area contributed by atoms with Crippen LogP contribution in [-0.2, 0) is 6.18 Å². The number of carbonyl (C=O) groups is 1. The quantitative estimate of drug-likeness (QED) is 0.462. The predicted octanol–water partition coefficient (Wildman–Crippen LogP) is 5.88. The second kappa shape index (κ2) is 7.59. The topological polar surface area (TPSA) is 54.9 Å². The summed E-state index contributed by atoms with van der Waals surface area (Å²) in [5, 5.41) is 3.43. The summed E-state index contributed by atoms with van der Waals surface area (Å²) in [5.41, 5.74) is 3.36. The number of nitrogens with one attached hydrogen (secondary N) is 1. The first-order valence-electron chi connectivity index (χ1n) is 9.12. The fourth-order valence-corrected chi connectivity index (χ4v) is 3.15. The highest BCUT2D eigenvalue weighted by Crippen LogP contribution is 2.28. The predicted molar refractivity (Wildman–Crippen MR) is 109 cm³/mol. The number of aromatic nitrogens is 2. The van der Waals surface area contributed by atoms with Gasteiger partial charge in [-0.05, 0) is 48.4 Å². The largest absolute Gasteiger partial charge is 0.433 e. The van der Waals surface area contributed by atoms with Gasteiger partial charge in [-0.2, -0.15) is 13.2 Å². The molecule has 4 nitrogen and oxygen atoms in total. The van der Waals surface area contributed by atoms with Crippen LogP contribution in [0.2, 0.25) is 0 Å². The summed E-state index contributed by atoms with van der Waals surface area (Å²) in [4.78, 5) is 20.3. The molecule has 0 radical (unpaired) electrons. The molecule has 1 N–H and O–H groups in total. The minimum atomic E-state index is -4.52. The molecule has 2 aromatic carbocycles. The highest BCUT2D eigenvalue weighted by atomic mass is 19.4. The molecule has 0 atom stereocenters. The zero-order chi connectivity index (χ0) is 21.3. The van der Waals surface area contributed by atoms with Crippen molar-refractivity contribution >= 4 is 22.5 Å². The normalized spacial score (nSPS) is 11.5. The minimum absolute atomic E-state index is 0.177. The Balaban J connectivity index is 1.57. The number of pyridine rings is 2. The number of nitrogens with zero attached hydrogens (tertiary/aromatic N) is 2. The van der Waals surface area contributed by atoms with Crippen molar-refractivity contribution in [2.24, 2.45) is 0 Å². The number of rotatable bonds is 3. The number of carbonyl (C=O) groups excluding carboxylic acids is 1. The molecule has 0 aliphatic carbocycles. The van der Waals surface area contributed by atoms with Crippen molar-refractivity contribution in [1.29, 1.82) is 0 Å². The Morgan fingerprint density at radius 3 is 2.43 bits per heavy atom. The molecule has 0 aliphatic rings. The molecular formula is C23H16F3N3O. The molecule has 0 saturated heterocycles. The van der Waals surface area contributed by atoms with Crippen LogP contribution in [0.1, 0.15) is 21.6 Å². The SMILES string of the molecule is Cc1ccccc1-c1cnc2cc(C(=O)Nc3ccc(C(F)(F)F)nc3)ccc2c1. The van der Waals surface area contributed by atoms with Gasteiger partial charge >= 0.3 is 6.18 Å². The average Bonchev–Trinajstić information content (AvgIpc) is 2.73. The van der Waals surface area contributed by atoms with E-state index in [2.05, 4.69) is 15.3 Å². The van der Waals surface area contributed by atoms with Gasteiger partial charge in [0, 0.05) is 22.7 Å². The average molecular weight is 407 g/mol. The highest BCUT2D eigenvalue weighted by molar-refractivity contribution is 6.06. The second-order valence-corrected chi connectivity index (χ2v) is 6.83. The number of hydrogen-bond donors (Lipinski definition) is 1. The molecule has 7 heteroatoms. The molecule has 2 heterocycles. The standard InChI is InChI=1S/C23H16F3N3O/c1-14-4-2-3-5-19(14)17-10-15-6-7-16(11-20(15)27-12-17)22(30)29-18-8-9-21(28-13-18)23(24,25)26/h2-13H,1H3,(H,29,30). The smallest absolute Gasteiger partial charge is 0.321 e. The fourth-order valence-electron chi connectivity index (χ4n) is 3.15. The lowest BCUT2D eigenvalue weighted by Crippen LogP contribution is -2.13. The molecule has 0 spiro atoms. The van der Waals surface area contributed by atoms with E-state index < -0.39 is 17.8 Å². The molecule has 0 fully saturated rings. The van der Waals surface area contributed by atoms with E-state index in [4.69, 9.17) is 0 Å². The van der Waals surface area contributed by atoms with E-state index in [1.54, 1.807) is 24.4 Å². The van der Waals surface area contributed by atoms with Crippen LogP contribution in [0.25, 0.3) is 22.0 Å². The molecule has 150 valence electrons. The summed E-state index contributed by atoms with van der Waals surface area (Å²) in [7, 11) is 0. The van der Waals surface area contributed by atoms with Crippen molar-refractivity contribution < 1.29 is 18.0 Å². The molecule has 0 bridgehead atoms. The molecule has 4 rings (SSSR count). The Labute approximate surface area is 170 Å². The number of amides is 1. The maximum absolute atomic E-state index is 12.6. The van der Waals surface area contributed by atoms with Crippen LogP contribution in [0, 0.1) is 6.92 Å². The molecule has 0 unspecified atom stereocenters. The summed E-state index contributed by atoms with van der Waals surface area (Å²) in [5.74, 6) is -0.455. The number of benzene rings is 2. The van der Waals surface area contributed by atoms with Crippen LogP contribution in [0.15, 0.2) is 73.1 Å². The lowest BCUT2D eigenvalue weighted by Gasteiger charge is -2.09. The van der Waals surface area contributed by atoms with Crippen molar-refractivity contribution in [3.05, 3.63) is 89.9 Å². The zero-order valence-electron chi connectivity index (χ0n) is 15.9. The van der Waals surface area contributed by atoms with Crippen LogP contribution < -0.4 is 5.32 Å². The third-order valence-electron chi connectivity index (χ3n) is 4.71. The Morgan fingerprint density at radius 2 is 1.73 bits per heavy atom. The van der Waals surface area contributed by atoms with Gasteiger partial charge in [0.1, 0.15) is 5.69 Å². The van der Waals surface area contributed by atoms with E-state index in [0.29, 0.717) is 11.1 Å². The summed E-state index contributed by atoms with van der Waals surface area (Å²) in [6.07, 6.45) is -1.79. The third kappa shape index (κ3) is 4.00. The van der Waals surface area contributed by atoms with Gasteiger partial charge in [0.15, 0.2) is 0 Å². The molecule has 0 aliphatic heterocycles. The minimum Gasteiger partial charge on any atom is -0.321 e. The van der Waals surface area contributed by atoms with Crippen molar-refractivity contribution in [2.45, 2.75) is 13.1 Å². The fraction of sp³-hybridized carbons (Fsp3) is 0.0870. The van der Waals surface area contributed by atoms with Gasteiger partial charge in [0.25, 0.3) is 5.91 Å². The van der Waals surface area contributed by atoms with Crippen molar-refractivity contribution in [2.75, 3.05) is 5.32 Å². The summed E-state index contributed by atoms with van der Waals surface area (Å²) >= 11 is 0. The van der Waals surface area contributed by atoms with Crippen LogP contribution in [0.4, 0.5) is 18.9 Å². The monoisotopic (exact) mass is 407 g/mol. The van der Waals surface area contributed by atoms with Gasteiger partial charge in [-0.3, -0.25) is 9.78 Å². The lowest BCUT2D eigenvalue weighted by molar-refractivity contribution is -0.141. The van der Waals surface area contributed by atoms with E-state index in [9.17, 15) is 18.0 Å². The van der Waals surface area contributed by atoms with Crippen LogP contribution in [0.3, 0.4) is 0 Å². The Kier molecular flexibility index (Phi) is 4.95. The van der Waals surface area contributed by atoms with E-state index in [-0.39, 0.29) is 5.69 Å². The summed E-state index contributed by atoms with van der Waals surface area (Å²) in [6.45, 7) is 2.03. The van der Waals surface area contributed by atoms with Crippen molar-refractivity contribution in [1.82, 2.24) is 9.97 Å². The lowest BCUT2D eigenvalue weighted by atomic mass is 10.0. The number of hydrogen-bond acceptors (Lipinski definition) is 3. The Hall–Kier alpha value is -3.74. The van der Waals surface area contributed by atoms with E-state index >= 15 is 0 Å². The third-order valence-corrected chi connectivity index (χ3v) is 4.71. The molecular weight excluding hydrogens is 391 g/mol. The zero-order valence-corrected chi connectivity index (χ0v) is 15.9. The molecule has 4 aromatic rings. The molecule has 2 aromatic heterocycles. The number of halogens is 3. The Morgan fingerprint density at radius 1 is 0.933 bits per heavy atom. The summed E-state index contributed by atoms with van der Waals surface area (Å²) in [6, 6.07) is 17.1. The van der Waals surface area contributed by atoms with Crippen LogP contribution in [0.5, 0.6) is 0 Å². The van der Waals surface area contributed by atoms with Gasteiger partial charge in [-0.1, -0.05) is 30.3 Å². The molecule has 0 saturated carbocycles. The first kappa shape index (κ1) is 19.6. The number of fused-ring (bicyclic) bond motifs is 1. The van der Waals surface area contributed by atoms with Crippen LogP contribution in [-0.4, -0.2) is 15.9 Å². The number of anilines is 1. The van der Waals surface area contributed by atoms with Crippen molar-refractivity contribution in [3.63, 3.8) is 0 Å². The first-order valence-corrected chi connectivity index (χ1v) is 9.12. The number of aryl methyl sites for hydroxylation is 1. The van der Waals surface area contributed by atoms with Gasteiger partial charge in [-0.25, -0.2) is 4.98 Å².